The van der Waals surface area contributed by atoms with Gasteiger partial charge in [-0.3, -0.25) is 4.79 Å². The van der Waals surface area contributed by atoms with Crippen molar-refractivity contribution >= 4 is 17.9 Å². The maximum atomic E-state index is 13.3. The molecule has 2 aromatic rings. The van der Waals surface area contributed by atoms with Crippen LogP contribution in [-0.4, -0.2) is 48.4 Å². The molecule has 7 nitrogen and oxygen atoms in total. The lowest BCUT2D eigenvalue weighted by Gasteiger charge is -2.65. The predicted octanol–water partition coefficient (Wildman–Crippen LogP) is 6.16. The summed E-state index contributed by atoms with van der Waals surface area (Å²) in [4.78, 5) is 38.6. The zero-order chi connectivity index (χ0) is 28.9. The number of hydrogen-bond donors (Lipinski definition) is 0. The van der Waals surface area contributed by atoms with E-state index < -0.39 is 22.7 Å². The second-order valence-corrected chi connectivity index (χ2v) is 13.2. The van der Waals surface area contributed by atoms with Crippen molar-refractivity contribution < 1.29 is 33.3 Å². The highest BCUT2D eigenvalue weighted by atomic mass is 16.6. The highest BCUT2D eigenvalue weighted by molar-refractivity contribution is 5.90. The van der Waals surface area contributed by atoms with E-state index in [1.807, 2.05) is 36.4 Å². The molecule has 2 saturated heterocycles. The van der Waals surface area contributed by atoms with Crippen molar-refractivity contribution in [2.24, 2.45) is 22.7 Å². The van der Waals surface area contributed by atoms with Crippen LogP contribution in [0.5, 0.6) is 0 Å². The van der Waals surface area contributed by atoms with Gasteiger partial charge in [0.1, 0.15) is 24.9 Å². The van der Waals surface area contributed by atoms with Gasteiger partial charge in [0.05, 0.1) is 23.1 Å². The maximum Gasteiger partial charge on any atom is 0.338 e. The lowest BCUT2D eigenvalue weighted by molar-refractivity contribution is -0.265. The van der Waals surface area contributed by atoms with Crippen LogP contribution in [0.25, 0.3) is 0 Å². The summed E-state index contributed by atoms with van der Waals surface area (Å²) in [6.07, 6.45) is 4.79. The number of rotatable bonds is 5. The van der Waals surface area contributed by atoms with Crippen molar-refractivity contribution in [1.82, 2.24) is 0 Å². The Morgan fingerprint density at radius 3 is 2.17 bits per heavy atom. The molecule has 0 N–H and O–H groups in total. The smallest absolute Gasteiger partial charge is 0.338 e. The first-order chi connectivity index (χ1) is 19.6. The molecule has 4 fully saturated rings. The molecule has 7 atom stereocenters. The predicted molar refractivity (Wildman–Crippen MR) is 151 cm³/mol. The third-order valence-electron chi connectivity index (χ3n) is 11.0. The van der Waals surface area contributed by atoms with Gasteiger partial charge in [0.15, 0.2) is 0 Å². The van der Waals surface area contributed by atoms with Crippen molar-refractivity contribution in [3.63, 3.8) is 0 Å². The Hall–Kier alpha value is -3.19. The monoisotopic (exact) mass is 560 g/mol. The van der Waals surface area contributed by atoms with Crippen LogP contribution in [-0.2, 0) is 23.7 Å². The maximum absolute atomic E-state index is 13.3. The zero-order valence-corrected chi connectivity index (χ0v) is 24.2. The first-order valence-corrected chi connectivity index (χ1v) is 14.9. The van der Waals surface area contributed by atoms with Gasteiger partial charge in [0.2, 0.25) is 0 Å². The van der Waals surface area contributed by atoms with Crippen LogP contribution < -0.4 is 0 Å². The van der Waals surface area contributed by atoms with E-state index in [-0.39, 0.29) is 35.8 Å². The third kappa shape index (κ3) is 4.57. The van der Waals surface area contributed by atoms with Crippen molar-refractivity contribution in [2.45, 2.75) is 83.0 Å². The molecule has 0 bridgehead atoms. The standard InChI is InChI=1S/C34H40O7/c1-23-14-15-26-31(2,21-39-29(36)24-10-6-4-7-11-24)27(40-30(37)25-12-8-5-9-13-25)16-17-32(26,3)34(23)19-18-33(41-34)20-28(35)38-22-33/h4-13,23,26-27H,14-22H2,1-3H3/t23-,26-,27+,31+,32+,33+,34-/m1/s1. The van der Waals surface area contributed by atoms with E-state index in [1.165, 1.54) is 0 Å². The average molecular weight is 561 g/mol. The number of esters is 3. The topological polar surface area (TPSA) is 88.1 Å². The summed E-state index contributed by atoms with van der Waals surface area (Å²) in [7, 11) is 0. The molecule has 0 unspecified atom stereocenters. The SMILES string of the molecule is C[C@@H]1CC[C@@H]2[C@](C)(COC(=O)c3ccccc3)[C@@H](OC(=O)c3ccccc3)CC[C@]2(C)[C@@]12CC[C@]1(COC(=O)C1)O2. The summed E-state index contributed by atoms with van der Waals surface area (Å²) >= 11 is 0. The number of carbonyl (C=O) groups is 3. The van der Waals surface area contributed by atoms with Gasteiger partial charge < -0.3 is 18.9 Å². The molecule has 2 aliphatic heterocycles. The fourth-order valence-electron chi connectivity index (χ4n) is 8.75. The summed E-state index contributed by atoms with van der Waals surface area (Å²) in [6, 6.07) is 18.0. The van der Waals surface area contributed by atoms with Crippen LogP contribution in [0.3, 0.4) is 0 Å². The fourth-order valence-corrected chi connectivity index (χ4v) is 8.75. The minimum atomic E-state index is -0.643. The Balaban J connectivity index is 1.33. The molecule has 0 aromatic heterocycles. The van der Waals surface area contributed by atoms with Crippen LogP contribution in [0.15, 0.2) is 60.7 Å². The van der Waals surface area contributed by atoms with Gasteiger partial charge in [-0.05, 0) is 74.6 Å². The highest BCUT2D eigenvalue weighted by Crippen LogP contribution is 2.68. The molecule has 4 aliphatic rings. The van der Waals surface area contributed by atoms with E-state index in [0.29, 0.717) is 36.5 Å². The molecular formula is C34H40O7. The van der Waals surface area contributed by atoms with E-state index in [0.717, 1.165) is 32.1 Å². The molecule has 2 aliphatic carbocycles. The normalized spacial score (nSPS) is 37.9. The van der Waals surface area contributed by atoms with E-state index in [1.54, 1.807) is 24.3 Å². The fraction of sp³-hybridized carbons (Fsp3) is 0.559. The summed E-state index contributed by atoms with van der Waals surface area (Å²) in [6.45, 7) is 7.14. The van der Waals surface area contributed by atoms with Crippen LogP contribution in [0.2, 0.25) is 0 Å². The minimum Gasteiger partial charge on any atom is -0.463 e. The molecule has 0 amide bonds. The quantitative estimate of drug-likeness (QED) is 0.320. The number of carbonyl (C=O) groups excluding carboxylic acids is 3. The first kappa shape index (κ1) is 28.0. The summed E-state index contributed by atoms with van der Waals surface area (Å²) in [5, 5.41) is 0. The number of benzene rings is 2. The van der Waals surface area contributed by atoms with Gasteiger partial charge in [-0.15, -0.1) is 0 Å². The first-order valence-electron chi connectivity index (χ1n) is 14.9. The van der Waals surface area contributed by atoms with E-state index in [4.69, 9.17) is 18.9 Å². The summed E-state index contributed by atoms with van der Waals surface area (Å²) in [5.41, 5.74) is -0.927. The van der Waals surface area contributed by atoms with Gasteiger partial charge >= 0.3 is 17.9 Å². The van der Waals surface area contributed by atoms with Crippen molar-refractivity contribution in [2.75, 3.05) is 13.2 Å². The van der Waals surface area contributed by atoms with Gasteiger partial charge in [-0.25, -0.2) is 9.59 Å². The van der Waals surface area contributed by atoms with Crippen molar-refractivity contribution in [1.29, 1.82) is 0 Å². The Kier molecular flexibility index (Phi) is 7.00. The molecule has 41 heavy (non-hydrogen) atoms. The second kappa shape index (κ2) is 10.3. The molecule has 218 valence electrons. The largest absolute Gasteiger partial charge is 0.463 e. The van der Waals surface area contributed by atoms with Gasteiger partial charge in [0.25, 0.3) is 0 Å². The molecule has 0 radical (unpaired) electrons. The molecule has 2 heterocycles. The number of hydrogen-bond acceptors (Lipinski definition) is 7. The Bertz CT molecular complexity index is 1310. The van der Waals surface area contributed by atoms with Crippen LogP contribution in [0, 0.1) is 22.7 Å². The highest BCUT2D eigenvalue weighted by Gasteiger charge is 2.70. The number of fused-ring (bicyclic) bond motifs is 2. The third-order valence-corrected chi connectivity index (χ3v) is 11.0. The van der Waals surface area contributed by atoms with Crippen molar-refractivity contribution in [3.8, 4) is 0 Å². The second-order valence-electron chi connectivity index (χ2n) is 13.2. The Morgan fingerprint density at radius 2 is 1.54 bits per heavy atom. The molecule has 7 heteroatoms. The van der Waals surface area contributed by atoms with Gasteiger partial charge in [0, 0.05) is 10.8 Å². The lowest BCUT2D eigenvalue weighted by atomic mass is 9.43. The van der Waals surface area contributed by atoms with Crippen LogP contribution in [0.4, 0.5) is 0 Å². The van der Waals surface area contributed by atoms with E-state index in [9.17, 15) is 14.4 Å². The molecule has 2 saturated carbocycles. The summed E-state index contributed by atoms with van der Waals surface area (Å²) in [5.74, 6) is -0.592. The molecule has 6 rings (SSSR count). The Labute approximate surface area is 241 Å². The van der Waals surface area contributed by atoms with Crippen molar-refractivity contribution in [3.05, 3.63) is 71.8 Å². The van der Waals surface area contributed by atoms with E-state index >= 15 is 0 Å². The summed E-state index contributed by atoms with van der Waals surface area (Å²) < 4.78 is 24.8. The van der Waals surface area contributed by atoms with Gasteiger partial charge in [-0.2, -0.15) is 0 Å². The number of ether oxygens (including phenoxy) is 4. The van der Waals surface area contributed by atoms with Crippen LogP contribution in [0.1, 0.15) is 86.4 Å². The lowest BCUT2D eigenvalue weighted by Crippen LogP contribution is -2.67. The average Bonchev–Trinajstić information content (AvgIpc) is 3.55. The Morgan fingerprint density at radius 1 is 0.878 bits per heavy atom. The van der Waals surface area contributed by atoms with Crippen LogP contribution >= 0.6 is 0 Å². The minimum absolute atomic E-state index is 0.0604. The van der Waals surface area contributed by atoms with E-state index in [2.05, 4.69) is 20.8 Å². The molecule has 2 aromatic carbocycles. The van der Waals surface area contributed by atoms with Gasteiger partial charge in [-0.1, -0.05) is 57.2 Å². The molecular weight excluding hydrogens is 520 g/mol. The number of cyclic esters (lactones) is 1. The zero-order valence-electron chi connectivity index (χ0n) is 24.2. The molecule has 2 spiro atoms.